The molecule has 226 valence electrons. The van der Waals surface area contributed by atoms with Gasteiger partial charge in [0.05, 0.1) is 46.3 Å². The third kappa shape index (κ3) is 6.93. The molecule has 1 aliphatic carbocycles. The minimum atomic E-state index is -3.66. The number of hydrogen-bond acceptors (Lipinski definition) is 11. The highest BCUT2D eigenvalue weighted by Gasteiger charge is 2.30. The number of carbonyl (C=O) groups excluding carboxylic acids is 1. The molecule has 5 rings (SSSR count). The summed E-state index contributed by atoms with van der Waals surface area (Å²) < 4.78 is 44.9. The van der Waals surface area contributed by atoms with Gasteiger partial charge in [-0.25, -0.2) is 13.4 Å². The van der Waals surface area contributed by atoms with Crippen molar-refractivity contribution in [2.24, 2.45) is 7.05 Å². The quantitative estimate of drug-likeness (QED) is 0.317. The smallest absolute Gasteiger partial charge is 0.232 e. The number of benzene rings is 1. The van der Waals surface area contributed by atoms with Crippen LogP contribution in [-0.2, 0) is 32.5 Å². The highest BCUT2D eigenvalue weighted by atomic mass is 35.5. The van der Waals surface area contributed by atoms with E-state index < -0.39 is 25.9 Å². The molecule has 3 aromatic rings. The highest BCUT2D eigenvalue weighted by molar-refractivity contribution is 7.99. The predicted octanol–water partition coefficient (Wildman–Crippen LogP) is 3.77. The monoisotopic (exact) mass is 635 g/mol. The average molecular weight is 636 g/mol. The van der Waals surface area contributed by atoms with Gasteiger partial charge < -0.3 is 15.4 Å². The maximum atomic E-state index is 12.9. The second-order valence-electron chi connectivity index (χ2n) is 10.9. The average Bonchev–Trinajstić information content (AvgIpc) is 3.49. The van der Waals surface area contributed by atoms with Crippen molar-refractivity contribution in [1.82, 2.24) is 24.6 Å². The lowest BCUT2D eigenvalue weighted by Crippen LogP contribution is -2.29. The Bertz CT molecular complexity index is 1620. The van der Waals surface area contributed by atoms with Crippen LogP contribution in [0.25, 0.3) is 0 Å². The summed E-state index contributed by atoms with van der Waals surface area (Å²) in [6.45, 7) is 4.85. The maximum absolute atomic E-state index is 12.9. The second kappa shape index (κ2) is 12.3. The molecule has 2 aliphatic rings. The third-order valence-corrected chi connectivity index (χ3v) is 10.3. The normalized spacial score (nSPS) is 18.3. The number of anilines is 4. The molecule has 1 saturated heterocycles. The van der Waals surface area contributed by atoms with Gasteiger partial charge in [-0.3, -0.25) is 18.6 Å². The van der Waals surface area contributed by atoms with E-state index in [4.69, 9.17) is 16.3 Å². The molecule has 1 saturated carbocycles. The van der Waals surface area contributed by atoms with Gasteiger partial charge in [0.2, 0.25) is 25.9 Å². The molecule has 0 bridgehead atoms. The Morgan fingerprint density at radius 1 is 1.21 bits per heavy atom. The van der Waals surface area contributed by atoms with Crippen molar-refractivity contribution in [2.75, 3.05) is 36.5 Å². The standard InChI is InChI=1S/C27H34ClN7O5S2/c1-16(2)42(38,39)26-22(14-34(3)33-26)30-25-20(28)12-29-27(32-25)31-21-8-5-17(11-23(21)40-19-6-7-19)18-9-10-35(13-18)15-24(36)41(4)37/h5,8,11-12,14,16,18-19H,6-7,9-10,13,15H2,1-4H3,(H2,29,30,31,32). The Balaban J connectivity index is 1.36. The van der Waals surface area contributed by atoms with E-state index in [0.29, 0.717) is 18.0 Å². The summed E-state index contributed by atoms with van der Waals surface area (Å²) in [7, 11) is -3.50. The third-order valence-electron chi connectivity index (χ3n) is 7.17. The fourth-order valence-corrected chi connectivity index (χ4v) is 6.23. The first-order chi connectivity index (χ1) is 19.9. The van der Waals surface area contributed by atoms with Gasteiger partial charge in [-0.1, -0.05) is 17.7 Å². The number of likely N-dealkylation sites (tertiary alicyclic amines) is 1. The van der Waals surface area contributed by atoms with Gasteiger partial charge in [0.1, 0.15) is 10.8 Å². The van der Waals surface area contributed by atoms with Gasteiger partial charge in [-0.15, -0.1) is 0 Å². The molecule has 0 amide bonds. The van der Waals surface area contributed by atoms with E-state index in [1.807, 2.05) is 23.1 Å². The Morgan fingerprint density at radius 2 is 1.98 bits per heavy atom. The number of nitrogens with zero attached hydrogens (tertiary/aromatic N) is 5. The lowest BCUT2D eigenvalue weighted by Gasteiger charge is -2.18. The predicted molar refractivity (Wildman–Crippen MR) is 162 cm³/mol. The number of hydrogen-bond donors (Lipinski definition) is 2. The molecule has 2 N–H and O–H groups in total. The lowest BCUT2D eigenvalue weighted by atomic mass is 9.98. The van der Waals surface area contributed by atoms with Crippen LogP contribution in [0, 0.1) is 0 Å². The molecule has 1 aliphatic heterocycles. The van der Waals surface area contributed by atoms with Crippen molar-refractivity contribution in [3.63, 3.8) is 0 Å². The topological polar surface area (TPSA) is 148 Å². The van der Waals surface area contributed by atoms with Gasteiger partial charge in [0, 0.05) is 26.0 Å². The molecular weight excluding hydrogens is 602 g/mol. The zero-order valence-electron chi connectivity index (χ0n) is 23.8. The highest BCUT2D eigenvalue weighted by Crippen LogP contribution is 2.38. The molecule has 2 aromatic heterocycles. The van der Waals surface area contributed by atoms with Crippen LogP contribution >= 0.6 is 11.6 Å². The molecule has 12 nitrogen and oxygen atoms in total. The van der Waals surface area contributed by atoms with Crippen molar-refractivity contribution in [2.45, 2.75) is 55.4 Å². The molecule has 2 fully saturated rings. The van der Waals surface area contributed by atoms with Crippen LogP contribution in [0.3, 0.4) is 0 Å². The summed E-state index contributed by atoms with van der Waals surface area (Å²) in [5.74, 6) is 1.35. The second-order valence-corrected chi connectivity index (χ2v) is 15.1. The summed E-state index contributed by atoms with van der Waals surface area (Å²) in [5, 5.41) is 9.58. The minimum Gasteiger partial charge on any atom is -0.488 e. The van der Waals surface area contributed by atoms with Crippen molar-refractivity contribution < 1.29 is 22.2 Å². The number of aromatic nitrogens is 4. The van der Waals surface area contributed by atoms with Gasteiger partial charge in [0.25, 0.3) is 0 Å². The van der Waals surface area contributed by atoms with Gasteiger partial charge >= 0.3 is 0 Å². The fourth-order valence-electron chi connectivity index (χ4n) is 4.63. The van der Waals surface area contributed by atoms with E-state index in [-0.39, 0.29) is 51.2 Å². The summed E-state index contributed by atoms with van der Waals surface area (Å²) in [5.41, 5.74) is 2.03. The molecule has 0 radical (unpaired) electrons. The minimum absolute atomic E-state index is 0.0855. The number of aryl methyl sites for hydroxylation is 1. The van der Waals surface area contributed by atoms with Crippen molar-refractivity contribution >= 4 is 60.5 Å². The number of nitrogens with one attached hydrogen (secondary N) is 2. The zero-order chi connectivity index (χ0) is 30.2. The Hall–Kier alpha value is -3.07. The van der Waals surface area contributed by atoms with E-state index in [2.05, 4.69) is 25.7 Å². The van der Waals surface area contributed by atoms with Crippen LogP contribution in [-0.4, -0.2) is 79.6 Å². The van der Waals surface area contributed by atoms with Crippen LogP contribution < -0.4 is 15.4 Å². The van der Waals surface area contributed by atoms with E-state index in [0.717, 1.165) is 31.4 Å². The summed E-state index contributed by atoms with van der Waals surface area (Å²) >= 11 is 6.39. The first kappa shape index (κ1) is 30.4. The van der Waals surface area contributed by atoms with Crippen LogP contribution in [0.2, 0.25) is 5.02 Å². The van der Waals surface area contributed by atoms with Crippen molar-refractivity contribution in [1.29, 1.82) is 0 Å². The largest absolute Gasteiger partial charge is 0.488 e. The van der Waals surface area contributed by atoms with Gasteiger partial charge in [0.15, 0.2) is 5.82 Å². The molecular formula is C27H34ClN7O5S2. The lowest BCUT2D eigenvalue weighted by molar-refractivity contribution is -0.112. The summed E-state index contributed by atoms with van der Waals surface area (Å²) in [4.78, 5) is 22.8. The number of ether oxygens (including phenoxy) is 1. The Kier molecular flexibility index (Phi) is 8.88. The molecule has 0 spiro atoms. The van der Waals surface area contributed by atoms with Crippen molar-refractivity contribution in [3.8, 4) is 5.75 Å². The first-order valence-corrected chi connectivity index (χ1v) is 17.1. The van der Waals surface area contributed by atoms with Crippen LogP contribution in [0.1, 0.15) is 44.6 Å². The van der Waals surface area contributed by atoms with Crippen molar-refractivity contribution in [3.05, 3.63) is 41.2 Å². The molecule has 2 atom stereocenters. The van der Waals surface area contributed by atoms with Crippen LogP contribution in [0.15, 0.2) is 35.6 Å². The van der Waals surface area contributed by atoms with Gasteiger partial charge in [-0.05, 0) is 63.3 Å². The number of halogens is 1. The van der Waals surface area contributed by atoms with E-state index >= 15 is 0 Å². The number of rotatable bonds is 11. The summed E-state index contributed by atoms with van der Waals surface area (Å²) in [6, 6.07) is 5.95. The number of carbonyl (C=O) groups is 1. The van der Waals surface area contributed by atoms with Gasteiger partial charge in [-0.2, -0.15) is 10.1 Å². The molecule has 2 unspecified atom stereocenters. The maximum Gasteiger partial charge on any atom is 0.232 e. The SMILES string of the molecule is CC(C)S(=O)(=O)c1nn(C)cc1Nc1nc(Nc2ccc(C3CCN(CC(=O)S(C)=O)C3)cc2OC2CC2)ncc1Cl. The van der Waals surface area contributed by atoms with E-state index in [1.165, 1.54) is 17.1 Å². The van der Waals surface area contributed by atoms with E-state index in [9.17, 15) is 17.4 Å². The first-order valence-electron chi connectivity index (χ1n) is 13.6. The number of sulfone groups is 1. The molecule has 15 heteroatoms. The van der Waals surface area contributed by atoms with E-state index in [1.54, 1.807) is 27.1 Å². The Morgan fingerprint density at radius 3 is 2.67 bits per heavy atom. The fraction of sp³-hybridized carbons (Fsp3) is 0.481. The Labute approximate surface area is 252 Å². The van der Waals surface area contributed by atoms with Crippen LogP contribution in [0.5, 0.6) is 5.75 Å². The molecule has 1 aromatic carbocycles. The zero-order valence-corrected chi connectivity index (χ0v) is 26.2. The van der Waals surface area contributed by atoms with Crippen LogP contribution in [0.4, 0.5) is 23.1 Å². The molecule has 3 heterocycles. The molecule has 42 heavy (non-hydrogen) atoms. The summed E-state index contributed by atoms with van der Waals surface area (Å²) in [6.07, 6.45) is 7.40.